The number of hydrogen-bond donors (Lipinski definition) is 0. The van der Waals surface area contributed by atoms with Crippen LogP contribution in [0.3, 0.4) is 0 Å². The lowest BCUT2D eigenvalue weighted by Crippen LogP contribution is -2.31. The van der Waals surface area contributed by atoms with Gasteiger partial charge in [-0.3, -0.25) is 4.79 Å². The molecule has 23 heavy (non-hydrogen) atoms. The lowest BCUT2D eigenvalue weighted by Gasteiger charge is -2.21. The summed E-state index contributed by atoms with van der Waals surface area (Å²) in [5.74, 6) is 0.615. The van der Waals surface area contributed by atoms with Crippen LogP contribution in [0.25, 0.3) is 0 Å². The Kier molecular flexibility index (Phi) is 4.97. The van der Waals surface area contributed by atoms with Gasteiger partial charge in [0.15, 0.2) is 0 Å². The van der Waals surface area contributed by atoms with Crippen molar-refractivity contribution in [2.24, 2.45) is 0 Å². The Bertz CT molecular complexity index is 671. The zero-order valence-corrected chi connectivity index (χ0v) is 14.1. The molecule has 0 bridgehead atoms. The van der Waals surface area contributed by atoms with Crippen LogP contribution in [0.15, 0.2) is 30.5 Å². The second-order valence-corrected chi connectivity index (χ2v) is 6.64. The van der Waals surface area contributed by atoms with Gasteiger partial charge in [0.2, 0.25) is 5.91 Å². The Labute approximate surface area is 139 Å². The van der Waals surface area contributed by atoms with Crippen molar-refractivity contribution in [1.29, 1.82) is 0 Å². The molecule has 1 atom stereocenters. The average molecular weight is 332 g/mol. The number of hydrogen-bond acceptors (Lipinski definition) is 5. The zero-order chi connectivity index (χ0) is 16.2. The van der Waals surface area contributed by atoms with Crippen LogP contribution < -0.4 is 0 Å². The van der Waals surface area contributed by atoms with Gasteiger partial charge in [0.25, 0.3) is 0 Å². The molecule has 1 fully saturated rings. The van der Waals surface area contributed by atoms with Crippen molar-refractivity contribution in [1.82, 2.24) is 19.9 Å². The van der Waals surface area contributed by atoms with Crippen molar-refractivity contribution in [3.05, 3.63) is 47.3 Å². The lowest BCUT2D eigenvalue weighted by molar-refractivity contribution is -0.128. The molecule has 0 radical (unpaired) electrons. The molecule has 122 valence electrons. The predicted molar refractivity (Wildman–Crippen MR) is 89.1 cm³/mol. The number of methoxy groups -OCH3 is 1. The molecule has 3 rings (SSSR count). The molecule has 1 amide bonds. The summed E-state index contributed by atoms with van der Waals surface area (Å²) >= 11 is 1.59. The normalized spacial score (nSPS) is 17.9. The Morgan fingerprint density at radius 1 is 1.35 bits per heavy atom. The number of aromatic nitrogens is 3. The van der Waals surface area contributed by atoms with Crippen LogP contribution in [-0.4, -0.2) is 51.8 Å². The first-order valence-corrected chi connectivity index (χ1v) is 8.58. The second-order valence-electron chi connectivity index (χ2n) is 5.57. The van der Waals surface area contributed by atoms with Gasteiger partial charge >= 0.3 is 0 Å². The average Bonchev–Trinajstić information content (AvgIpc) is 3.14. The third kappa shape index (κ3) is 3.73. The van der Waals surface area contributed by atoms with Gasteiger partial charge < -0.3 is 9.64 Å². The summed E-state index contributed by atoms with van der Waals surface area (Å²) in [6.45, 7) is 3.86. The van der Waals surface area contributed by atoms with Crippen LogP contribution in [0, 0.1) is 6.92 Å². The Balaban J connectivity index is 1.70. The summed E-state index contributed by atoms with van der Waals surface area (Å²) in [5, 5.41) is 8.40. The molecule has 2 heterocycles. The van der Waals surface area contributed by atoms with E-state index in [1.54, 1.807) is 18.9 Å². The number of carbonyl (C=O) groups is 1. The monoisotopic (exact) mass is 332 g/mol. The van der Waals surface area contributed by atoms with Gasteiger partial charge in [-0.1, -0.05) is 35.0 Å². The standard InChI is InChI=1S/C16H20N4O2S/c1-12-3-5-13(6-4-12)9-19-10-14(17-18-19)16-20(7-8-22-2)15(21)11-23-16/h3-6,10,16H,7-9,11H2,1-2H3/t16-/m1/s1. The van der Waals surface area contributed by atoms with Gasteiger partial charge in [-0.15, -0.1) is 16.9 Å². The number of thioether (sulfide) groups is 1. The van der Waals surface area contributed by atoms with Crippen LogP contribution in [0.5, 0.6) is 0 Å². The first kappa shape index (κ1) is 16.0. The van der Waals surface area contributed by atoms with E-state index in [4.69, 9.17) is 4.74 Å². The molecule has 0 unspecified atom stereocenters. The molecule has 1 aromatic carbocycles. The van der Waals surface area contributed by atoms with Crippen LogP contribution in [0.2, 0.25) is 0 Å². The number of rotatable bonds is 6. The van der Waals surface area contributed by atoms with Crippen molar-refractivity contribution >= 4 is 17.7 Å². The molecule has 2 aromatic rings. The Morgan fingerprint density at radius 2 is 2.13 bits per heavy atom. The minimum absolute atomic E-state index is 0.0654. The highest BCUT2D eigenvalue weighted by atomic mass is 32.2. The van der Waals surface area contributed by atoms with Crippen LogP contribution in [-0.2, 0) is 16.1 Å². The fourth-order valence-corrected chi connectivity index (χ4v) is 3.66. The number of nitrogens with zero attached hydrogens (tertiary/aromatic N) is 4. The minimum atomic E-state index is -0.0654. The summed E-state index contributed by atoms with van der Waals surface area (Å²) in [4.78, 5) is 13.8. The SMILES string of the molecule is COCCN1C(=O)CS[C@@H]1c1cn(Cc2ccc(C)cc2)nn1. The quantitative estimate of drug-likeness (QED) is 0.808. The van der Waals surface area contributed by atoms with Crippen LogP contribution in [0.1, 0.15) is 22.2 Å². The molecule has 0 spiro atoms. The summed E-state index contributed by atoms with van der Waals surface area (Å²) in [5.41, 5.74) is 3.24. The number of aryl methyl sites for hydroxylation is 1. The highest BCUT2D eigenvalue weighted by Crippen LogP contribution is 2.37. The van der Waals surface area contributed by atoms with Gasteiger partial charge in [-0.05, 0) is 12.5 Å². The molecule has 0 N–H and O–H groups in total. The molecule has 7 heteroatoms. The fraction of sp³-hybridized carbons (Fsp3) is 0.438. The number of carbonyl (C=O) groups excluding carboxylic acids is 1. The van der Waals surface area contributed by atoms with E-state index in [2.05, 4.69) is 41.5 Å². The molecule has 1 aliphatic heterocycles. The second kappa shape index (κ2) is 7.14. The van der Waals surface area contributed by atoms with Crippen LogP contribution in [0.4, 0.5) is 0 Å². The summed E-state index contributed by atoms with van der Waals surface area (Å²) in [7, 11) is 1.64. The summed E-state index contributed by atoms with van der Waals surface area (Å²) < 4.78 is 6.90. The minimum Gasteiger partial charge on any atom is -0.383 e. The Morgan fingerprint density at radius 3 is 2.87 bits per heavy atom. The first-order chi connectivity index (χ1) is 11.2. The molecule has 0 saturated carbocycles. The van der Waals surface area contributed by atoms with Gasteiger partial charge in [-0.2, -0.15) is 0 Å². The maximum atomic E-state index is 12.0. The Hall–Kier alpha value is -1.86. The molecule has 6 nitrogen and oxygen atoms in total. The summed E-state index contributed by atoms with van der Waals surface area (Å²) in [6, 6.07) is 8.36. The third-order valence-electron chi connectivity index (χ3n) is 3.78. The van der Waals surface area contributed by atoms with Crippen molar-refractivity contribution in [3.8, 4) is 0 Å². The zero-order valence-electron chi connectivity index (χ0n) is 13.3. The smallest absolute Gasteiger partial charge is 0.233 e. The van der Waals surface area contributed by atoms with E-state index < -0.39 is 0 Å². The van der Waals surface area contributed by atoms with Gasteiger partial charge in [0.1, 0.15) is 11.1 Å². The largest absolute Gasteiger partial charge is 0.383 e. The van der Waals surface area contributed by atoms with Crippen molar-refractivity contribution in [2.75, 3.05) is 26.0 Å². The number of ether oxygens (including phenoxy) is 1. The van der Waals surface area contributed by atoms with E-state index >= 15 is 0 Å². The van der Waals surface area contributed by atoms with Crippen molar-refractivity contribution in [3.63, 3.8) is 0 Å². The lowest BCUT2D eigenvalue weighted by atomic mass is 10.1. The third-order valence-corrected chi connectivity index (χ3v) is 5.00. The topological polar surface area (TPSA) is 60.2 Å². The van der Waals surface area contributed by atoms with E-state index in [1.165, 1.54) is 11.1 Å². The number of amides is 1. The van der Waals surface area contributed by atoms with E-state index in [0.717, 1.165) is 5.69 Å². The number of benzene rings is 1. The van der Waals surface area contributed by atoms with Crippen molar-refractivity contribution < 1.29 is 9.53 Å². The highest BCUT2D eigenvalue weighted by molar-refractivity contribution is 8.00. The first-order valence-electron chi connectivity index (χ1n) is 7.53. The van der Waals surface area contributed by atoms with E-state index in [9.17, 15) is 4.79 Å². The summed E-state index contributed by atoms with van der Waals surface area (Å²) in [6.07, 6.45) is 1.93. The van der Waals surface area contributed by atoms with E-state index in [0.29, 0.717) is 25.4 Å². The molecular weight excluding hydrogens is 312 g/mol. The predicted octanol–water partition coefficient (Wildman–Crippen LogP) is 1.86. The van der Waals surface area contributed by atoms with Crippen molar-refractivity contribution in [2.45, 2.75) is 18.8 Å². The molecule has 1 aliphatic rings. The maximum Gasteiger partial charge on any atom is 0.233 e. The van der Waals surface area contributed by atoms with E-state index in [1.807, 2.05) is 15.8 Å². The van der Waals surface area contributed by atoms with Gasteiger partial charge in [0.05, 0.1) is 25.1 Å². The molecule has 1 saturated heterocycles. The fourth-order valence-electron chi connectivity index (χ4n) is 2.51. The highest BCUT2D eigenvalue weighted by Gasteiger charge is 2.34. The molecule has 0 aliphatic carbocycles. The van der Waals surface area contributed by atoms with Crippen LogP contribution >= 0.6 is 11.8 Å². The maximum absolute atomic E-state index is 12.0. The van der Waals surface area contributed by atoms with Gasteiger partial charge in [0, 0.05) is 13.7 Å². The molecule has 1 aromatic heterocycles. The molecular formula is C16H20N4O2S. The van der Waals surface area contributed by atoms with E-state index in [-0.39, 0.29) is 11.3 Å². The van der Waals surface area contributed by atoms with Gasteiger partial charge in [-0.25, -0.2) is 4.68 Å².